The van der Waals surface area contributed by atoms with Crippen LogP contribution in [0.15, 0.2) is 46.9 Å². The van der Waals surface area contributed by atoms with Gasteiger partial charge in [0.05, 0.1) is 36.1 Å². The van der Waals surface area contributed by atoms with Gasteiger partial charge in [0.1, 0.15) is 6.04 Å². The van der Waals surface area contributed by atoms with E-state index in [2.05, 4.69) is 36.8 Å². The first kappa shape index (κ1) is 24.6. The first-order chi connectivity index (χ1) is 16.3. The van der Waals surface area contributed by atoms with Gasteiger partial charge in [0.2, 0.25) is 5.91 Å². The largest absolute Gasteiger partial charge is 0.379 e. The summed E-state index contributed by atoms with van der Waals surface area (Å²) in [5.41, 5.74) is 2.09. The fourth-order valence-corrected chi connectivity index (χ4v) is 5.95. The van der Waals surface area contributed by atoms with Gasteiger partial charge in [0, 0.05) is 36.2 Å². The van der Waals surface area contributed by atoms with Gasteiger partial charge >= 0.3 is 0 Å². The summed E-state index contributed by atoms with van der Waals surface area (Å²) in [6, 6.07) is 11.1. The average molecular weight is 551 g/mol. The zero-order valence-corrected chi connectivity index (χ0v) is 21.0. The summed E-state index contributed by atoms with van der Waals surface area (Å²) in [4.78, 5) is 27.4. The van der Waals surface area contributed by atoms with Gasteiger partial charge in [0.15, 0.2) is 9.84 Å². The zero-order valence-electron chi connectivity index (χ0n) is 18.6. The van der Waals surface area contributed by atoms with Crippen LogP contribution in [0.4, 0.5) is 11.4 Å². The summed E-state index contributed by atoms with van der Waals surface area (Å²) in [5.74, 6) is -1.18. The van der Waals surface area contributed by atoms with Crippen LogP contribution in [0.5, 0.6) is 0 Å². The average Bonchev–Trinajstić information content (AvgIpc) is 2.79. The van der Waals surface area contributed by atoms with Gasteiger partial charge in [-0.1, -0.05) is 28.1 Å². The Morgan fingerprint density at radius 1 is 1.15 bits per heavy atom. The molecule has 2 aromatic rings. The van der Waals surface area contributed by atoms with Crippen LogP contribution in [0.1, 0.15) is 15.9 Å². The molecule has 0 bridgehead atoms. The number of morpholine rings is 1. The highest BCUT2D eigenvalue weighted by Crippen LogP contribution is 2.28. The molecule has 1 atom stereocenters. The number of nitrogens with one attached hydrogen (secondary N) is 3. The first-order valence-electron chi connectivity index (χ1n) is 11.0. The van der Waals surface area contributed by atoms with Gasteiger partial charge < -0.3 is 20.7 Å². The van der Waals surface area contributed by atoms with Crippen molar-refractivity contribution in [2.45, 2.75) is 11.8 Å². The van der Waals surface area contributed by atoms with E-state index in [-0.39, 0.29) is 17.4 Å². The molecule has 2 aliphatic heterocycles. The number of sulfone groups is 1. The second kappa shape index (κ2) is 10.9. The molecule has 34 heavy (non-hydrogen) atoms. The Balaban J connectivity index is 1.34. The van der Waals surface area contributed by atoms with Gasteiger partial charge in [-0.15, -0.1) is 0 Å². The minimum absolute atomic E-state index is 0.158. The fraction of sp³-hybridized carbons (Fsp3) is 0.391. The smallest absolute Gasteiger partial charge is 0.251 e. The third-order valence-electron chi connectivity index (χ3n) is 5.70. The number of fused-ring (bicyclic) bond motifs is 1. The fourth-order valence-electron chi connectivity index (χ4n) is 3.95. The zero-order chi connectivity index (χ0) is 24.1. The second-order valence-corrected chi connectivity index (χ2v) is 11.4. The lowest BCUT2D eigenvalue weighted by atomic mass is 10.1. The minimum atomic E-state index is -3.55. The van der Waals surface area contributed by atoms with Gasteiger partial charge in [-0.3, -0.25) is 14.5 Å². The molecule has 1 unspecified atom stereocenters. The summed E-state index contributed by atoms with van der Waals surface area (Å²) in [6.45, 7) is 4.38. The van der Waals surface area contributed by atoms with E-state index < -0.39 is 21.8 Å². The molecule has 0 saturated carbocycles. The van der Waals surface area contributed by atoms with Crippen LogP contribution in [-0.2, 0) is 25.1 Å². The number of carbonyl (C=O) groups is 2. The topological polar surface area (TPSA) is 117 Å². The molecule has 3 N–H and O–H groups in total. The number of benzene rings is 2. The quantitative estimate of drug-likeness (QED) is 0.459. The molecule has 2 heterocycles. The predicted molar refractivity (Wildman–Crippen MR) is 134 cm³/mol. The molecular formula is C23H27BrN4O5S. The lowest BCUT2D eigenvalue weighted by molar-refractivity contribution is -0.116. The monoisotopic (exact) mass is 550 g/mol. The van der Waals surface area contributed by atoms with Crippen LogP contribution in [0.2, 0.25) is 0 Å². The standard InChI is InChI=1S/C23H27BrN4O5S/c24-18-3-1-2-16(12-18)14-34(31,32)15-21-23(30)27-20-13-17(4-5-19(20)26-21)22(29)25-6-7-28-8-10-33-11-9-28/h1-5,12-13,21,26H,6-11,14-15H2,(H,25,29)(H,27,30). The Hall–Kier alpha value is -2.47. The molecule has 11 heteroatoms. The number of rotatable bonds is 8. The van der Waals surface area contributed by atoms with E-state index in [1.807, 2.05) is 6.07 Å². The highest BCUT2D eigenvalue weighted by Gasteiger charge is 2.30. The molecule has 1 fully saturated rings. The van der Waals surface area contributed by atoms with Crippen LogP contribution in [0, 0.1) is 0 Å². The predicted octanol–water partition coefficient (Wildman–Crippen LogP) is 1.86. The number of amides is 2. The van der Waals surface area contributed by atoms with E-state index in [9.17, 15) is 18.0 Å². The maximum atomic E-state index is 12.7. The highest BCUT2D eigenvalue weighted by atomic mass is 79.9. The van der Waals surface area contributed by atoms with Crippen LogP contribution in [-0.4, -0.2) is 76.3 Å². The van der Waals surface area contributed by atoms with Gasteiger partial charge in [-0.05, 0) is 35.9 Å². The molecule has 2 amide bonds. The number of hydrogen-bond donors (Lipinski definition) is 3. The van der Waals surface area contributed by atoms with Crippen LogP contribution in [0.3, 0.4) is 0 Å². The van der Waals surface area contributed by atoms with Gasteiger partial charge in [-0.25, -0.2) is 8.42 Å². The lowest BCUT2D eigenvalue weighted by Crippen LogP contribution is -2.44. The molecule has 0 aromatic heterocycles. The van der Waals surface area contributed by atoms with Crippen LogP contribution >= 0.6 is 15.9 Å². The van der Waals surface area contributed by atoms with Crippen LogP contribution in [0.25, 0.3) is 0 Å². The Kier molecular flexibility index (Phi) is 7.87. The van der Waals surface area contributed by atoms with Crippen LogP contribution < -0.4 is 16.0 Å². The first-order valence-corrected chi connectivity index (χ1v) is 13.7. The van der Waals surface area contributed by atoms with Crippen molar-refractivity contribution >= 4 is 49.0 Å². The van der Waals surface area contributed by atoms with E-state index in [0.717, 1.165) is 24.1 Å². The van der Waals surface area contributed by atoms with Crippen molar-refractivity contribution in [2.75, 3.05) is 55.8 Å². The van der Waals surface area contributed by atoms with Crippen molar-refractivity contribution < 1.29 is 22.7 Å². The highest BCUT2D eigenvalue weighted by molar-refractivity contribution is 9.10. The number of nitrogens with zero attached hydrogens (tertiary/aromatic N) is 1. The van der Waals surface area contributed by atoms with Gasteiger partial charge in [-0.2, -0.15) is 0 Å². The van der Waals surface area contributed by atoms with Crippen molar-refractivity contribution in [1.29, 1.82) is 0 Å². The van der Waals surface area contributed by atoms with Crippen molar-refractivity contribution in [2.24, 2.45) is 0 Å². The Labute approximate surface area is 207 Å². The van der Waals surface area contributed by atoms with Gasteiger partial charge in [0.25, 0.3) is 5.91 Å². The third kappa shape index (κ3) is 6.56. The number of ether oxygens (including phenoxy) is 1. The van der Waals surface area contributed by atoms with Crippen molar-refractivity contribution in [3.05, 3.63) is 58.1 Å². The van der Waals surface area contributed by atoms with E-state index in [0.29, 0.717) is 42.3 Å². The molecule has 9 nitrogen and oxygen atoms in total. The number of halogens is 1. The summed E-state index contributed by atoms with van der Waals surface area (Å²) in [6.07, 6.45) is 0. The molecule has 0 spiro atoms. The van der Waals surface area contributed by atoms with E-state index >= 15 is 0 Å². The molecule has 0 radical (unpaired) electrons. The van der Waals surface area contributed by atoms with Crippen molar-refractivity contribution in [3.63, 3.8) is 0 Å². The Bertz CT molecular complexity index is 1170. The van der Waals surface area contributed by atoms with E-state index in [4.69, 9.17) is 4.74 Å². The molecule has 2 aliphatic rings. The number of carbonyl (C=O) groups excluding carboxylic acids is 2. The number of hydrogen-bond acceptors (Lipinski definition) is 7. The SMILES string of the molecule is O=C(NCCN1CCOCC1)c1ccc2c(c1)NC(=O)C(CS(=O)(=O)Cc1cccc(Br)c1)N2. The Morgan fingerprint density at radius 3 is 2.71 bits per heavy atom. The van der Waals surface area contributed by atoms with E-state index in [1.165, 1.54) is 0 Å². The lowest BCUT2D eigenvalue weighted by Gasteiger charge is -2.27. The maximum Gasteiger partial charge on any atom is 0.251 e. The number of anilines is 2. The maximum absolute atomic E-state index is 12.7. The van der Waals surface area contributed by atoms with Crippen molar-refractivity contribution in [3.8, 4) is 0 Å². The summed E-state index contributed by atoms with van der Waals surface area (Å²) in [7, 11) is -3.55. The molecule has 1 saturated heterocycles. The third-order valence-corrected chi connectivity index (χ3v) is 7.81. The minimum Gasteiger partial charge on any atom is -0.379 e. The normalized spacial score (nSPS) is 18.5. The summed E-state index contributed by atoms with van der Waals surface area (Å²) < 4.78 is 31.5. The summed E-state index contributed by atoms with van der Waals surface area (Å²) in [5, 5.41) is 8.63. The molecule has 4 rings (SSSR count). The van der Waals surface area contributed by atoms with E-state index in [1.54, 1.807) is 36.4 Å². The second-order valence-electron chi connectivity index (χ2n) is 8.34. The molecular weight excluding hydrogens is 524 g/mol. The Morgan fingerprint density at radius 2 is 1.94 bits per heavy atom. The summed E-state index contributed by atoms with van der Waals surface area (Å²) >= 11 is 3.34. The van der Waals surface area contributed by atoms with Crippen molar-refractivity contribution in [1.82, 2.24) is 10.2 Å². The molecule has 2 aromatic carbocycles. The molecule has 182 valence electrons. The molecule has 0 aliphatic carbocycles.